The Hall–Kier alpha value is -0.500. The molecule has 1 nitrogen and oxygen atoms in total. The third-order valence-corrected chi connectivity index (χ3v) is 2.86. The van der Waals surface area contributed by atoms with Crippen molar-refractivity contribution in [1.82, 2.24) is 0 Å². The van der Waals surface area contributed by atoms with E-state index in [1.165, 1.54) is 15.7 Å². The number of anilines is 1. The van der Waals surface area contributed by atoms with E-state index in [0.717, 1.165) is 6.42 Å². The molecule has 0 unspecified atom stereocenters. The Morgan fingerprint density at radius 3 is 2.83 bits per heavy atom. The number of benzene rings is 1. The van der Waals surface area contributed by atoms with Crippen LogP contribution in [-0.4, -0.2) is 5.54 Å². The van der Waals surface area contributed by atoms with Gasteiger partial charge in [-0.2, -0.15) is 0 Å². The Bertz CT molecular complexity index is 318. The van der Waals surface area contributed by atoms with Crippen molar-refractivity contribution >= 4 is 21.6 Å². The number of fused-ring (bicyclic) bond motifs is 1. The average Bonchev–Trinajstić information content (AvgIpc) is 2.25. The van der Waals surface area contributed by atoms with Crippen molar-refractivity contribution in [3.8, 4) is 0 Å². The molecule has 12 heavy (non-hydrogen) atoms. The molecule has 2 rings (SSSR count). The second kappa shape index (κ2) is 2.49. The number of rotatable bonds is 0. The summed E-state index contributed by atoms with van der Waals surface area (Å²) in [6.07, 6.45) is 1.11. The van der Waals surface area contributed by atoms with E-state index in [2.05, 4.69) is 53.3 Å². The quantitative estimate of drug-likeness (QED) is 0.716. The maximum atomic E-state index is 3.54. The van der Waals surface area contributed by atoms with Crippen LogP contribution in [-0.2, 0) is 6.42 Å². The number of para-hydroxylation sites is 1. The van der Waals surface area contributed by atoms with Crippen LogP contribution in [0.3, 0.4) is 0 Å². The Kier molecular flexibility index (Phi) is 1.69. The van der Waals surface area contributed by atoms with Crippen molar-refractivity contribution in [1.29, 1.82) is 0 Å². The van der Waals surface area contributed by atoms with Gasteiger partial charge in [0.1, 0.15) is 0 Å². The maximum Gasteiger partial charge on any atom is 0.0522 e. The minimum absolute atomic E-state index is 0.214. The lowest BCUT2D eigenvalue weighted by Crippen LogP contribution is -2.27. The molecule has 1 aromatic carbocycles. The van der Waals surface area contributed by atoms with Crippen molar-refractivity contribution in [2.24, 2.45) is 0 Å². The third kappa shape index (κ3) is 1.24. The van der Waals surface area contributed by atoms with Crippen molar-refractivity contribution in [2.75, 3.05) is 5.32 Å². The molecule has 64 valence electrons. The first-order valence-corrected chi connectivity index (χ1v) is 4.93. The molecule has 0 spiro atoms. The number of halogens is 1. The fourth-order valence-electron chi connectivity index (χ4n) is 1.71. The first kappa shape index (κ1) is 8.11. The van der Waals surface area contributed by atoms with E-state index in [4.69, 9.17) is 0 Å². The van der Waals surface area contributed by atoms with Crippen molar-refractivity contribution < 1.29 is 0 Å². The smallest absolute Gasteiger partial charge is 0.0522 e. The molecule has 2 heteroatoms. The standard InChI is InChI=1S/C10H12BrN/c1-10(2)6-7-4-3-5-8(11)9(7)12-10/h3-5,12H,6H2,1-2H3. The fourth-order valence-corrected chi connectivity index (χ4v) is 2.22. The predicted molar refractivity (Wildman–Crippen MR) is 55.5 cm³/mol. The maximum absolute atomic E-state index is 3.54. The lowest BCUT2D eigenvalue weighted by molar-refractivity contribution is 0.594. The van der Waals surface area contributed by atoms with Gasteiger partial charge in [0, 0.05) is 10.0 Å². The molecule has 0 aliphatic carbocycles. The summed E-state index contributed by atoms with van der Waals surface area (Å²) in [6.45, 7) is 4.44. The van der Waals surface area contributed by atoms with E-state index in [0.29, 0.717) is 0 Å². The van der Waals surface area contributed by atoms with Crippen LogP contribution in [0.5, 0.6) is 0 Å². The van der Waals surface area contributed by atoms with Crippen molar-refractivity contribution in [3.05, 3.63) is 28.2 Å². The number of nitrogens with one attached hydrogen (secondary N) is 1. The monoisotopic (exact) mass is 225 g/mol. The summed E-state index contributed by atoms with van der Waals surface area (Å²) in [5.41, 5.74) is 2.89. The van der Waals surface area contributed by atoms with Gasteiger partial charge in [0.25, 0.3) is 0 Å². The van der Waals surface area contributed by atoms with Crippen LogP contribution in [0.4, 0.5) is 5.69 Å². The zero-order valence-corrected chi connectivity index (χ0v) is 8.90. The summed E-state index contributed by atoms with van der Waals surface area (Å²) in [6, 6.07) is 6.35. The molecular weight excluding hydrogens is 214 g/mol. The largest absolute Gasteiger partial charge is 0.379 e. The van der Waals surface area contributed by atoms with Gasteiger partial charge in [-0.05, 0) is 47.8 Å². The summed E-state index contributed by atoms with van der Waals surface area (Å²) in [7, 11) is 0. The van der Waals surface area contributed by atoms with E-state index < -0.39 is 0 Å². The van der Waals surface area contributed by atoms with Gasteiger partial charge in [0.2, 0.25) is 0 Å². The van der Waals surface area contributed by atoms with Gasteiger partial charge in [-0.15, -0.1) is 0 Å². The summed E-state index contributed by atoms with van der Waals surface area (Å²) in [5, 5.41) is 3.50. The lowest BCUT2D eigenvalue weighted by atomic mass is 10.0. The molecule has 1 N–H and O–H groups in total. The van der Waals surface area contributed by atoms with Gasteiger partial charge in [-0.1, -0.05) is 12.1 Å². The summed E-state index contributed by atoms with van der Waals surface area (Å²) in [4.78, 5) is 0. The topological polar surface area (TPSA) is 12.0 Å². The lowest BCUT2D eigenvalue weighted by Gasteiger charge is -2.18. The molecule has 0 saturated heterocycles. The molecule has 1 heterocycles. The highest BCUT2D eigenvalue weighted by Gasteiger charge is 2.28. The molecule has 0 aromatic heterocycles. The van der Waals surface area contributed by atoms with Gasteiger partial charge in [0.05, 0.1) is 5.69 Å². The van der Waals surface area contributed by atoms with Crippen LogP contribution >= 0.6 is 15.9 Å². The molecule has 0 bridgehead atoms. The highest BCUT2D eigenvalue weighted by atomic mass is 79.9. The summed E-state index contributed by atoms with van der Waals surface area (Å²) in [5.74, 6) is 0. The van der Waals surface area contributed by atoms with E-state index in [-0.39, 0.29) is 5.54 Å². The van der Waals surface area contributed by atoms with E-state index in [9.17, 15) is 0 Å². The minimum Gasteiger partial charge on any atom is -0.379 e. The van der Waals surface area contributed by atoms with Gasteiger partial charge in [-0.25, -0.2) is 0 Å². The van der Waals surface area contributed by atoms with Gasteiger partial charge < -0.3 is 5.32 Å². The zero-order chi connectivity index (χ0) is 8.77. The Morgan fingerprint density at radius 2 is 2.17 bits per heavy atom. The Morgan fingerprint density at radius 1 is 1.42 bits per heavy atom. The van der Waals surface area contributed by atoms with Crippen molar-refractivity contribution in [3.63, 3.8) is 0 Å². The highest BCUT2D eigenvalue weighted by Crippen LogP contribution is 2.37. The number of hydrogen-bond acceptors (Lipinski definition) is 1. The van der Waals surface area contributed by atoms with E-state index in [1.807, 2.05) is 0 Å². The molecule has 1 aliphatic heterocycles. The Balaban J connectivity index is 2.48. The molecule has 0 atom stereocenters. The number of hydrogen-bond donors (Lipinski definition) is 1. The first-order chi connectivity index (χ1) is 5.58. The third-order valence-electron chi connectivity index (χ3n) is 2.20. The summed E-state index contributed by atoms with van der Waals surface area (Å²) >= 11 is 3.54. The second-order valence-corrected chi connectivity index (χ2v) is 4.81. The second-order valence-electron chi connectivity index (χ2n) is 3.96. The van der Waals surface area contributed by atoms with Crippen LogP contribution < -0.4 is 5.32 Å². The molecule has 1 aromatic rings. The van der Waals surface area contributed by atoms with Gasteiger partial charge in [-0.3, -0.25) is 0 Å². The predicted octanol–water partition coefficient (Wildman–Crippen LogP) is 3.20. The van der Waals surface area contributed by atoms with Crippen LogP contribution in [0.25, 0.3) is 0 Å². The normalized spacial score (nSPS) is 18.6. The molecule has 0 radical (unpaired) electrons. The molecular formula is C10H12BrN. The molecule has 1 aliphatic rings. The van der Waals surface area contributed by atoms with Crippen LogP contribution in [0, 0.1) is 0 Å². The SMILES string of the molecule is CC1(C)Cc2cccc(Br)c2N1. The van der Waals surface area contributed by atoms with Crippen LogP contribution in [0.1, 0.15) is 19.4 Å². The van der Waals surface area contributed by atoms with Gasteiger partial charge >= 0.3 is 0 Å². The molecule has 0 fully saturated rings. The average molecular weight is 226 g/mol. The van der Waals surface area contributed by atoms with E-state index >= 15 is 0 Å². The van der Waals surface area contributed by atoms with Crippen LogP contribution in [0.15, 0.2) is 22.7 Å². The molecule has 0 saturated carbocycles. The van der Waals surface area contributed by atoms with Crippen LogP contribution in [0.2, 0.25) is 0 Å². The Labute approximate surface area is 81.3 Å². The zero-order valence-electron chi connectivity index (χ0n) is 7.32. The van der Waals surface area contributed by atoms with Gasteiger partial charge in [0.15, 0.2) is 0 Å². The summed E-state index contributed by atoms with van der Waals surface area (Å²) < 4.78 is 1.17. The van der Waals surface area contributed by atoms with E-state index in [1.54, 1.807) is 0 Å². The molecule has 0 amide bonds. The minimum atomic E-state index is 0.214. The fraction of sp³-hybridized carbons (Fsp3) is 0.400. The first-order valence-electron chi connectivity index (χ1n) is 4.14. The van der Waals surface area contributed by atoms with Crippen molar-refractivity contribution in [2.45, 2.75) is 25.8 Å². The highest BCUT2D eigenvalue weighted by molar-refractivity contribution is 9.10.